The zero-order valence-electron chi connectivity index (χ0n) is 9.41. The van der Waals surface area contributed by atoms with Gasteiger partial charge in [-0.2, -0.15) is 0 Å². The van der Waals surface area contributed by atoms with Crippen molar-refractivity contribution in [3.05, 3.63) is 11.1 Å². The van der Waals surface area contributed by atoms with Gasteiger partial charge in [0.1, 0.15) is 5.82 Å². The van der Waals surface area contributed by atoms with E-state index in [1.165, 1.54) is 19.3 Å². The smallest absolute Gasteiger partial charge is 0.225 e. The molecule has 2 rings (SSSR count). The highest BCUT2D eigenvalue weighted by Crippen LogP contribution is 2.33. The van der Waals surface area contributed by atoms with Crippen LogP contribution in [0.3, 0.4) is 0 Å². The molecule has 84 valence electrons. The second-order valence-corrected chi connectivity index (χ2v) is 4.86. The first-order valence-electron chi connectivity index (χ1n) is 5.80. The van der Waals surface area contributed by atoms with Crippen LogP contribution < -0.4 is 0 Å². The summed E-state index contributed by atoms with van der Waals surface area (Å²) in [5.74, 6) is 2.58. The molecule has 15 heavy (non-hydrogen) atoms. The van der Waals surface area contributed by atoms with E-state index in [0.29, 0.717) is 5.28 Å². The fourth-order valence-corrected chi connectivity index (χ4v) is 2.69. The van der Waals surface area contributed by atoms with Gasteiger partial charge in [-0.05, 0) is 29.9 Å². The first-order chi connectivity index (χ1) is 7.22. The first-order valence-corrected chi connectivity index (χ1v) is 6.17. The van der Waals surface area contributed by atoms with Gasteiger partial charge in [-0.1, -0.05) is 26.7 Å². The molecular formula is C11H18ClN3. The number of halogens is 1. The summed E-state index contributed by atoms with van der Waals surface area (Å²) in [4.78, 5) is 0. The Labute approximate surface area is 95.8 Å². The molecule has 0 amide bonds. The van der Waals surface area contributed by atoms with Crippen molar-refractivity contribution in [2.75, 3.05) is 0 Å². The number of aromatic nitrogens is 3. The maximum absolute atomic E-state index is 6.04. The average Bonchev–Trinajstić information content (AvgIpc) is 2.77. The number of aryl methyl sites for hydroxylation is 1. The van der Waals surface area contributed by atoms with Crippen LogP contribution in [0.15, 0.2) is 0 Å². The molecule has 2 atom stereocenters. The largest absolute Gasteiger partial charge is 0.301 e. The second-order valence-electron chi connectivity index (χ2n) is 4.52. The topological polar surface area (TPSA) is 30.7 Å². The van der Waals surface area contributed by atoms with Crippen LogP contribution in [0, 0.1) is 11.8 Å². The van der Waals surface area contributed by atoms with Gasteiger partial charge in [-0.3, -0.25) is 0 Å². The Hall–Kier alpha value is -0.570. The van der Waals surface area contributed by atoms with Crippen molar-refractivity contribution in [3.63, 3.8) is 0 Å². The summed E-state index contributed by atoms with van der Waals surface area (Å²) in [6.45, 7) is 5.42. The lowest BCUT2D eigenvalue weighted by molar-refractivity contribution is 0.359. The summed E-state index contributed by atoms with van der Waals surface area (Å²) in [5, 5.41) is 8.56. The van der Waals surface area contributed by atoms with Crippen LogP contribution >= 0.6 is 11.6 Å². The van der Waals surface area contributed by atoms with E-state index in [0.717, 1.165) is 30.6 Å². The third-order valence-corrected chi connectivity index (χ3v) is 3.83. The van der Waals surface area contributed by atoms with Crippen LogP contribution in [0.1, 0.15) is 38.9 Å². The quantitative estimate of drug-likeness (QED) is 0.795. The Morgan fingerprint density at radius 2 is 2.20 bits per heavy atom. The summed E-state index contributed by atoms with van der Waals surface area (Å²) in [6.07, 6.45) is 4.93. The second kappa shape index (κ2) is 4.52. The molecule has 0 aromatic carbocycles. The standard InChI is InChI=1S/C11H18ClN3/c1-3-10-13-14-11(12)15(10)7-9-6-4-5-8(9)2/h8-9H,3-7H2,1-2H3. The van der Waals surface area contributed by atoms with Gasteiger partial charge in [0.05, 0.1) is 0 Å². The van der Waals surface area contributed by atoms with Gasteiger partial charge in [-0.15, -0.1) is 10.2 Å². The molecule has 0 aliphatic heterocycles. The van der Waals surface area contributed by atoms with E-state index in [4.69, 9.17) is 11.6 Å². The van der Waals surface area contributed by atoms with Gasteiger partial charge in [0.2, 0.25) is 5.28 Å². The third-order valence-electron chi connectivity index (χ3n) is 3.55. The lowest BCUT2D eigenvalue weighted by Crippen LogP contribution is -2.15. The minimum atomic E-state index is 0.547. The predicted molar refractivity (Wildman–Crippen MR) is 60.9 cm³/mol. The van der Waals surface area contributed by atoms with Crippen LogP contribution in [-0.4, -0.2) is 14.8 Å². The monoisotopic (exact) mass is 227 g/mol. The Bertz CT molecular complexity index is 335. The van der Waals surface area contributed by atoms with Crippen molar-refractivity contribution in [2.24, 2.45) is 11.8 Å². The van der Waals surface area contributed by atoms with E-state index in [2.05, 4.69) is 28.6 Å². The van der Waals surface area contributed by atoms with Gasteiger partial charge >= 0.3 is 0 Å². The predicted octanol–water partition coefficient (Wildman–Crippen LogP) is 2.93. The fraction of sp³-hybridized carbons (Fsp3) is 0.818. The molecular weight excluding hydrogens is 210 g/mol. The summed E-state index contributed by atoms with van der Waals surface area (Å²) < 4.78 is 2.08. The zero-order valence-corrected chi connectivity index (χ0v) is 10.2. The number of hydrogen-bond donors (Lipinski definition) is 0. The highest BCUT2D eigenvalue weighted by molar-refractivity contribution is 6.28. The summed E-state index contributed by atoms with van der Waals surface area (Å²) in [6, 6.07) is 0. The molecule has 1 saturated carbocycles. The van der Waals surface area contributed by atoms with Crippen LogP contribution in [0.4, 0.5) is 0 Å². The van der Waals surface area contributed by atoms with Crippen molar-refractivity contribution >= 4 is 11.6 Å². The minimum Gasteiger partial charge on any atom is -0.301 e. The van der Waals surface area contributed by atoms with Gasteiger partial charge < -0.3 is 4.57 Å². The summed E-state index contributed by atoms with van der Waals surface area (Å²) in [7, 11) is 0. The van der Waals surface area contributed by atoms with E-state index in [1.54, 1.807) is 0 Å². The van der Waals surface area contributed by atoms with E-state index < -0.39 is 0 Å². The zero-order chi connectivity index (χ0) is 10.8. The highest BCUT2D eigenvalue weighted by Gasteiger charge is 2.25. The molecule has 0 radical (unpaired) electrons. The number of nitrogens with zero attached hydrogens (tertiary/aromatic N) is 3. The number of hydrogen-bond acceptors (Lipinski definition) is 2. The molecule has 1 aliphatic carbocycles. The molecule has 2 unspecified atom stereocenters. The minimum absolute atomic E-state index is 0.547. The Morgan fingerprint density at radius 1 is 1.40 bits per heavy atom. The lowest BCUT2D eigenvalue weighted by Gasteiger charge is -2.17. The van der Waals surface area contributed by atoms with Gasteiger partial charge in [-0.25, -0.2) is 0 Å². The van der Waals surface area contributed by atoms with Crippen LogP contribution in [0.5, 0.6) is 0 Å². The lowest BCUT2D eigenvalue weighted by atomic mass is 9.98. The van der Waals surface area contributed by atoms with Crippen LogP contribution in [0.2, 0.25) is 5.28 Å². The van der Waals surface area contributed by atoms with E-state index >= 15 is 0 Å². The SMILES string of the molecule is CCc1nnc(Cl)n1CC1CCCC1C. The van der Waals surface area contributed by atoms with Crippen LogP contribution in [-0.2, 0) is 13.0 Å². The molecule has 1 aromatic rings. The normalized spacial score (nSPS) is 26.1. The van der Waals surface area contributed by atoms with Crippen LogP contribution in [0.25, 0.3) is 0 Å². The molecule has 0 N–H and O–H groups in total. The highest BCUT2D eigenvalue weighted by atomic mass is 35.5. The molecule has 1 aliphatic rings. The van der Waals surface area contributed by atoms with E-state index in [9.17, 15) is 0 Å². The van der Waals surface area contributed by atoms with Crippen molar-refractivity contribution in [1.29, 1.82) is 0 Å². The van der Waals surface area contributed by atoms with Gasteiger partial charge in [0.15, 0.2) is 0 Å². The molecule has 3 nitrogen and oxygen atoms in total. The molecule has 0 spiro atoms. The van der Waals surface area contributed by atoms with E-state index in [1.807, 2.05) is 0 Å². The van der Waals surface area contributed by atoms with Crippen molar-refractivity contribution in [2.45, 2.75) is 46.1 Å². The van der Waals surface area contributed by atoms with Gasteiger partial charge in [0.25, 0.3) is 0 Å². The fourth-order valence-electron chi connectivity index (χ4n) is 2.48. The molecule has 1 heterocycles. The van der Waals surface area contributed by atoms with E-state index in [-0.39, 0.29) is 0 Å². The molecule has 1 aromatic heterocycles. The summed E-state index contributed by atoms with van der Waals surface area (Å²) in [5.41, 5.74) is 0. The molecule has 0 saturated heterocycles. The van der Waals surface area contributed by atoms with Crippen molar-refractivity contribution in [3.8, 4) is 0 Å². The molecule has 4 heteroatoms. The van der Waals surface area contributed by atoms with Gasteiger partial charge in [0, 0.05) is 13.0 Å². The average molecular weight is 228 g/mol. The molecule has 1 fully saturated rings. The Morgan fingerprint density at radius 3 is 2.80 bits per heavy atom. The first kappa shape index (κ1) is 10.9. The Kier molecular flexibility index (Phi) is 3.29. The Balaban J connectivity index is 2.12. The summed E-state index contributed by atoms with van der Waals surface area (Å²) >= 11 is 6.04. The number of rotatable bonds is 3. The maximum Gasteiger partial charge on any atom is 0.225 e. The maximum atomic E-state index is 6.04. The van der Waals surface area contributed by atoms with Crippen molar-refractivity contribution < 1.29 is 0 Å². The third kappa shape index (κ3) is 2.17. The molecule has 0 bridgehead atoms. The van der Waals surface area contributed by atoms with Crippen molar-refractivity contribution in [1.82, 2.24) is 14.8 Å².